The highest BCUT2D eigenvalue weighted by Crippen LogP contribution is 2.40. The highest BCUT2D eigenvalue weighted by Gasteiger charge is 2.41. The lowest BCUT2D eigenvalue weighted by atomic mass is 9.77. The first kappa shape index (κ1) is 31.8. The van der Waals surface area contributed by atoms with Crippen LogP contribution in [-0.2, 0) is 18.6 Å². The zero-order valence-electron chi connectivity index (χ0n) is 28.4. The lowest BCUT2D eigenvalue weighted by Crippen LogP contribution is -2.39. The number of nitrogens with zero attached hydrogens (tertiary/aromatic N) is 5. The number of benzene rings is 6. The van der Waals surface area contributed by atoms with Crippen LogP contribution in [0, 0.1) is 0 Å². The number of fused-ring (bicyclic) bond motifs is 1. The number of tetrazole rings is 1. The van der Waals surface area contributed by atoms with Gasteiger partial charge in [-0.25, -0.2) is 0 Å². The molecule has 0 N–H and O–H groups in total. The van der Waals surface area contributed by atoms with Crippen molar-refractivity contribution in [3.63, 3.8) is 0 Å². The van der Waals surface area contributed by atoms with E-state index in [0.29, 0.717) is 12.4 Å². The number of ether oxygens (including phenoxy) is 1. The van der Waals surface area contributed by atoms with E-state index >= 15 is 0 Å². The van der Waals surface area contributed by atoms with Gasteiger partial charge < -0.3 is 4.74 Å². The highest BCUT2D eigenvalue weighted by atomic mass is 16.5. The molecule has 0 fully saturated rings. The monoisotopic (exact) mass is 663 g/mol. The number of aromatic nitrogens is 5. The largest absolute Gasteiger partial charge is 0.488 e. The molecule has 0 radical (unpaired) electrons. The maximum atomic E-state index is 6.56. The van der Waals surface area contributed by atoms with E-state index in [-0.39, 0.29) is 0 Å². The molecule has 0 unspecified atom stereocenters. The first-order chi connectivity index (χ1) is 25.2. The Morgan fingerprint density at radius 3 is 1.82 bits per heavy atom. The van der Waals surface area contributed by atoms with Gasteiger partial charge in [0.05, 0.1) is 5.52 Å². The Kier molecular flexibility index (Phi) is 8.88. The van der Waals surface area contributed by atoms with Crippen molar-refractivity contribution in [3.8, 4) is 28.3 Å². The summed E-state index contributed by atoms with van der Waals surface area (Å²) in [5.74, 6) is 1.36. The molecule has 51 heavy (non-hydrogen) atoms. The van der Waals surface area contributed by atoms with Crippen LogP contribution in [0.3, 0.4) is 0 Å². The molecule has 8 rings (SSSR count). The van der Waals surface area contributed by atoms with E-state index in [9.17, 15) is 0 Å². The van der Waals surface area contributed by atoms with Gasteiger partial charge in [-0.15, -0.1) is 15.0 Å². The molecular formula is C45H37N5O. The molecule has 0 bridgehead atoms. The summed E-state index contributed by atoms with van der Waals surface area (Å²) in [5.41, 5.74) is 8.16. The molecule has 0 aliphatic carbocycles. The van der Waals surface area contributed by atoms with Gasteiger partial charge in [0.1, 0.15) is 12.4 Å². The average molecular weight is 664 g/mol. The van der Waals surface area contributed by atoms with Crippen molar-refractivity contribution in [2.45, 2.75) is 31.9 Å². The number of para-hydroxylation sites is 1. The molecule has 0 saturated heterocycles. The Morgan fingerprint density at radius 1 is 0.608 bits per heavy atom. The van der Waals surface area contributed by atoms with Crippen molar-refractivity contribution in [3.05, 3.63) is 198 Å². The standard InChI is InChI=1S/C45H37N5O/c1-2-17-38-31-43(40-26-15-16-27-42(40)46-38)51-32-33-28-29-39(34-18-7-3-8-19-34)41(30-33)44-47-49-50(48-44)45(35-20-9-4-10-21-35,36-22-11-5-12-23-36)37-24-13-6-14-25-37/h3-16,18-31H,2,17,32H2,1H3. The Morgan fingerprint density at radius 2 is 1.20 bits per heavy atom. The average Bonchev–Trinajstić information content (AvgIpc) is 3.69. The molecule has 2 aromatic heterocycles. The smallest absolute Gasteiger partial charge is 0.205 e. The molecule has 8 aromatic rings. The second-order valence-electron chi connectivity index (χ2n) is 12.6. The highest BCUT2D eigenvalue weighted by molar-refractivity contribution is 5.85. The van der Waals surface area contributed by atoms with Gasteiger partial charge in [-0.3, -0.25) is 4.98 Å². The van der Waals surface area contributed by atoms with Crippen LogP contribution >= 0.6 is 0 Å². The second-order valence-corrected chi connectivity index (χ2v) is 12.6. The predicted molar refractivity (Wildman–Crippen MR) is 203 cm³/mol. The third-order valence-corrected chi connectivity index (χ3v) is 9.33. The van der Waals surface area contributed by atoms with E-state index in [1.165, 1.54) is 0 Å². The van der Waals surface area contributed by atoms with Gasteiger partial charge in [-0.2, -0.15) is 0 Å². The molecule has 6 heteroatoms. The normalized spacial score (nSPS) is 11.5. The van der Waals surface area contributed by atoms with Crippen molar-refractivity contribution in [2.24, 2.45) is 0 Å². The first-order valence-electron chi connectivity index (χ1n) is 17.4. The quantitative estimate of drug-likeness (QED) is 0.129. The summed E-state index contributed by atoms with van der Waals surface area (Å²) in [5, 5.41) is 15.9. The van der Waals surface area contributed by atoms with Gasteiger partial charge in [0, 0.05) is 22.7 Å². The summed E-state index contributed by atoms with van der Waals surface area (Å²) in [7, 11) is 0. The summed E-state index contributed by atoms with van der Waals surface area (Å²) in [6, 6.07) is 58.2. The minimum atomic E-state index is -0.874. The zero-order chi connectivity index (χ0) is 34.5. The summed E-state index contributed by atoms with van der Waals surface area (Å²) in [6.45, 7) is 2.54. The number of hydrogen-bond acceptors (Lipinski definition) is 5. The van der Waals surface area contributed by atoms with Gasteiger partial charge in [0.15, 0.2) is 5.54 Å². The Hall–Kier alpha value is -6.40. The summed E-state index contributed by atoms with van der Waals surface area (Å²) in [4.78, 5) is 6.64. The van der Waals surface area contributed by atoms with Crippen LogP contribution < -0.4 is 4.74 Å². The van der Waals surface area contributed by atoms with Gasteiger partial charge in [-0.05, 0) is 63.2 Å². The minimum absolute atomic E-state index is 0.373. The van der Waals surface area contributed by atoms with Crippen LogP contribution in [0.4, 0.5) is 0 Å². The SMILES string of the molecule is CCCc1cc(OCc2ccc(-c3ccccc3)c(-c3nnn(C(c4ccccc4)(c4ccccc4)c4ccccc4)n3)c2)c2ccccc2n1. The van der Waals surface area contributed by atoms with Crippen molar-refractivity contribution in [2.75, 3.05) is 0 Å². The van der Waals surface area contributed by atoms with Crippen molar-refractivity contribution < 1.29 is 4.74 Å². The van der Waals surface area contributed by atoms with Gasteiger partial charge in [-0.1, -0.05) is 159 Å². The second kappa shape index (κ2) is 14.2. The first-order valence-corrected chi connectivity index (χ1v) is 17.4. The molecule has 0 amide bonds. The predicted octanol–water partition coefficient (Wildman–Crippen LogP) is 9.93. The molecule has 2 heterocycles. The van der Waals surface area contributed by atoms with Crippen LogP contribution in [0.5, 0.6) is 5.75 Å². The molecule has 6 nitrogen and oxygen atoms in total. The van der Waals surface area contributed by atoms with Gasteiger partial charge in [0.2, 0.25) is 5.82 Å². The van der Waals surface area contributed by atoms with E-state index in [1.807, 2.05) is 54.6 Å². The van der Waals surface area contributed by atoms with Gasteiger partial charge >= 0.3 is 0 Å². The lowest BCUT2D eigenvalue weighted by Gasteiger charge is -2.34. The van der Waals surface area contributed by atoms with Crippen LogP contribution in [0.25, 0.3) is 33.4 Å². The number of aryl methyl sites for hydroxylation is 1. The maximum absolute atomic E-state index is 6.56. The molecule has 248 valence electrons. The van der Waals surface area contributed by atoms with Crippen LogP contribution in [0.1, 0.15) is 41.3 Å². The third-order valence-electron chi connectivity index (χ3n) is 9.33. The number of rotatable bonds is 11. The molecule has 0 aliphatic heterocycles. The van der Waals surface area contributed by atoms with Crippen LogP contribution in [0.2, 0.25) is 0 Å². The van der Waals surface area contributed by atoms with E-state index in [2.05, 4.69) is 122 Å². The summed E-state index contributed by atoms with van der Waals surface area (Å²) < 4.78 is 6.56. The van der Waals surface area contributed by atoms with E-state index in [0.717, 1.165) is 74.1 Å². The molecule has 0 atom stereocenters. The Bertz CT molecular complexity index is 2280. The van der Waals surface area contributed by atoms with E-state index in [1.54, 1.807) is 4.80 Å². The molecular weight excluding hydrogens is 627 g/mol. The fraction of sp³-hybridized carbons (Fsp3) is 0.111. The fourth-order valence-electron chi connectivity index (χ4n) is 6.94. The molecule has 6 aromatic carbocycles. The van der Waals surface area contributed by atoms with Crippen molar-refractivity contribution >= 4 is 10.9 Å². The Labute approximate surface area is 298 Å². The van der Waals surface area contributed by atoms with Gasteiger partial charge in [0.25, 0.3) is 0 Å². The molecule has 0 aliphatic rings. The zero-order valence-corrected chi connectivity index (χ0v) is 28.4. The van der Waals surface area contributed by atoms with E-state index in [4.69, 9.17) is 25.1 Å². The van der Waals surface area contributed by atoms with E-state index < -0.39 is 5.54 Å². The Balaban J connectivity index is 1.25. The topological polar surface area (TPSA) is 65.7 Å². The van der Waals surface area contributed by atoms with Crippen LogP contribution in [-0.4, -0.2) is 25.2 Å². The fourth-order valence-corrected chi connectivity index (χ4v) is 6.94. The molecule has 0 spiro atoms. The van der Waals surface area contributed by atoms with Crippen LogP contribution in [0.15, 0.2) is 170 Å². The summed E-state index contributed by atoms with van der Waals surface area (Å²) >= 11 is 0. The molecule has 0 saturated carbocycles. The number of hydrogen-bond donors (Lipinski definition) is 0. The lowest BCUT2D eigenvalue weighted by molar-refractivity contribution is 0.309. The third kappa shape index (κ3) is 6.17. The minimum Gasteiger partial charge on any atom is -0.488 e. The number of pyridine rings is 1. The maximum Gasteiger partial charge on any atom is 0.205 e. The van der Waals surface area contributed by atoms with Crippen molar-refractivity contribution in [1.29, 1.82) is 0 Å². The van der Waals surface area contributed by atoms with Crippen molar-refractivity contribution in [1.82, 2.24) is 25.2 Å². The summed E-state index contributed by atoms with van der Waals surface area (Å²) in [6.07, 6.45) is 1.91.